The quantitative estimate of drug-likeness (QED) is 0.145. The number of nitrogens with two attached hydrogens (primary N) is 1. The third-order valence-corrected chi connectivity index (χ3v) is 6.47. The van der Waals surface area contributed by atoms with Crippen molar-refractivity contribution in [2.45, 2.75) is 19.3 Å². The molecule has 0 fully saturated rings. The first-order valence-corrected chi connectivity index (χ1v) is 12.2. The van der Waals surface area contributed by atoms with Gasteiger partial charge in [-0.3, -0.25) is 9.67 Å². The fourth-order valence-corrected chi connectivity index (χ4v) is 4.02. The van der Waals surface area contributed by atoms with Crippen molar-refractivity contribution < 1.29 is 21.1 Å². The Morgan fingerprint density at radius 2 is 1.39 bits per heavy atom. The van der Waals surface area contributed by atoms with Crippen LogP contribution in [0.5, 0.6) is 0 Å². The number of hydrogen-bond acceptors (Lipinski definition) is 3. The molecule has 0 aliphatic rings. The molecule has 0 amide bonds. The average molecular weight is 676 g/mol. The second-order valence-electron chi connectivity index (χ2n) is 9.33. The zero-order valence-electron chi connectivity index (χ0n) is 21.3. The van der Waals surface area contributed by atoms with Crippen molar-refractivity contribution in [1.82, 2.24) is 9.78 Å². The minimum atomic E-state index is -0.470. The molecule has 0 spiro atoms. The molecular weight excluding hydrogens is 647 g/mol. The summed E-state index contributed by atoms with van der Waals surface area (Å²) in [4.78, 5) is 4.51. The van der Waals surface area contributed by atoms with Gasteiger partial charge in [-0.15, -0.1) is 23.3 Å². The van der Waals surface area contributed by atoms with E-state index in [1.165, 1.54) is 0 Å². The molecule has 38 heavy (non-hydrogen) atoms. The minimum absolute atomic E-state index is 0. The summed E-state index contributed by atoms with van der Waals surface area (Å²) in [6.07, 6.45) is 5.49. The first kappa shape index (κ1) is 27.0. The fraction of sp³-hybridized carbons (Fsp3) is 0.0909. The second-order valence-corrected chi connectivity index (χ2v) is 9.33. The first-order chi connectivity index (χ1) is 18.0. The summed E-state index contributed by atoms with van der Waals surface area (Å²) in [7, 11) is 0. The molecule has 1 heterocycles. The molecule has 5 rings (SSSR count). The standard InChI is InChI=1S/C33H28N4.Pt/c1-33(2,31(34)21-23-35-29-17-13-27(14-18-29)25-9-5-3-6-10-25)32-22-24-37(36-32)30-19-15-28(16-20-30)26-11-7-4-8-12-26;/h3-17,19,21-24H,34H2,1-2H3;/q-2;+2/b31-21-,35-23?;. The number of aromatic nitrogens is 2. The molecule has 5 aromatic rings. The molecule has 0 unspecified atom stereocenters. The van der Waals surface area contributed by atoms with Gasteiger partial charge in [-0.1, -0.05) is 71.8 Å². The zero-order valence-corrected chi connectivity index (χ0v) is 23.6. The van der Waals surface area contributed by atoms with Crippen molar-refractivity contribution in [2.24, 2.45) is 10.7 Å². The van der Waals surface area contributed by atoms with E-state index in [1.807, 2.05) is 89.8 Å². The number of aliphatic imine (C=N–C) groups is 1. The van der Waals surface area contributed by atoms with Crippen LogP contribution >= 0.6 is 0 Å². The van der Waals surface area contributed by atoms with Crippen molar-refractivity contribution in [3.63, 3.8) is 0 Å². The summed E-state index contributed by atoms with van der Waals surface area (Å²) in [6.45, 7) is 4.12. The maximum absolute atomic E-state index is 6.48. The summed E-state index contributed by atoms with van der Waals surface area (Å²) in [5.74, 6) is 0. The molecule has 4 nitrogen and oxygen atoms in total. The van der Waals surface area contributed by atoms with Crippen LogP contribution in [0.25, 0.3) is 27.9 Å². The smallest absolute Gasteiger partial charge is 0.401 e. The van der Waals surface area contributed by atoms with Crippen LogP contribution in [0.15, 0.2) is 126 Å². The molecule has 0 saturated heterocycles. The van der Waals surface area contributed by atoms with Crippen molar-refractivity contribution in [3.8, 4) is 27.9 Å². The Bertz CT molecular complexity index is 1520. The number of allylic oxidation sites excluding steroid dienone is 2. The van der Waals surface area contributed by atoms with Crippen molar-refractivity contribution in [2.75, 3.05) is 0 Å². The predicted octanol–water partition coefficient (Wildman–Crippen LogP) is 7.33. The van der Waals surface area contributed by atoms with Crippen LogP contribution in [-0.2, 0) is 26.5 Å². The van der Waals surface area contributed by atoms with Crippen LogP contribution in [0.1, 0.15) is 19.5 Å². The predicted molar refractivity (Wildman–Crippen MR) is 152 cm³/mol. The van der Waals surface area contributed by atoms with Gasteiger partial charge in [0.2, 0.25) is 0 Å². The molecule has 0 saturated carbocycles. The molecule has 0 aliphatic carbocycles. The first-order valence-electron chi connectivity index (χ1n) is 12.2. The molecular formula is C33H28N4Pt. The van der Waals surface area contributed by atoms with E-state index in [9.17, 15) is 0 Å². The summed E-state index contributed by atoms with van der Waals surface area (Å²) in [6, 6.07) is 41.1. The van der Waals surface area contributed by atoms with Crippen LogP contribution in [0.3, 0.4) is 0 Å². The Kier molecular flexibility index (Phi) is 8.55. The Morgan fingerprint density at radius 1 is 0.789 bits per heavy atom. The van der Waals surface area contributed by atoms with Crippen LogP contribution in [0.2, 0.25) is 0 Å². The molecule has 2 N–H and O–H groups in total. The largest absolute Gasteiger partial charge is 2.00 e. The number of hydrogen-bond donors (Lipinski definition) is 1. The second kappa shape index (κ2) is 12.0. The summed E-state index contributed by atoms with van der Waals surface area (Å²) in [5.41, 5.74) is 13.7. The van der Waals surface area contributed by atoms with Crippen molar-refractivity contribution in [1.29, 1.82) is 0 Å². The van der Waals surface area contributed by atoms with Crippen molar-refractivity contribution in [3.05, 3.63) is 139 Å². The molecule has 0 radical (unpaired) electrons. The monoisotopic (exact) mass is 675 g/mol. The van der Waals surface area contributed by atoms with Gasteiger partial charge in [-0.2, -0.15) is 41.5 Å². The fourth-order valence-electron chi connectivity index (χ4n) is 4.02. The summed E-state index contributed by atoms with van der Waals surface area (Å²) < 4.78 is 1.83. The molecule has 0 atom stereocenters. The van der Waals surface area contributed by atoms with Crippen molar-refractivity contribution >= 4 is 11.9 Å². The Labute approximate surface area is 238 Å². The zero-order chi connectivity index (χ0) is 25.7. The summed E-state index contributed by atoms with van der Waals surface area (Å²) >= 11 is 0. The van der Waals surface area contributed by atoms with E-state index in [0.29, 0.717) is 5.70 Å². The van der Waals surface area contributed by atoms with Gasteiger partial charge < -0.3 is 5.73 Å². The Morgan fingerprint density at radius 3 is 1.95 bits per heavy atom. The van der Waals surface area contributed by atoms with Gasteiger partial charge in [0, 0.05) is 23.5 Å². The Balaban J connectivity index is 0.00000336. The maximum atomic E-state index is 6.48. The van der Waals surface area contributed by atoms with Gasteiger partial charge in [0.25, 0.3) is 0 Å². The number of benzene rings is 4. The normalized spacial score (nSPS) is 11.9. The van der Waals surface area contributed by atoms with Crippen LogP contribution in [0.4, 0.5) is 5.69 Å². The molecule has 0 aliphatic heterocycles. The third-order valence-electron chi connectivity index (χ3n) is 6.47. The van der Waals surface area contributed by atoms with Gasteiger partial charge in [0.05, 0.1) is 5.69 Å². The van der Waals surface area contributed by atoms with Gasteiger partial charge in [0.1, 0.15) is 0 Å². The van der Waals surface area contributed by atoms with E-state index < -0.39 is 5.41 Å². The molecule has 190 valence electrons. The topological polar surface area (TPSA) is 56.2 Å². The van der Waals surface area contributed by atoms with E-state index in [-0.39, 0.29) is 21.1 Å². The summed E-state index contributed by atoms with van der Waals surface area (Å²) in [5, 5.41) is 4.79. The van der Waals surface area contributed by atoms with Gasteiger partial charge in [-0.05, 0) is 37.4 Å². The minimum Gasteiger partial charge on any atom is -0.401 e. The van der Waals surface area contributed by atoms with Crippen LogP contribution in [-0.4, -0.2) is 16.0 Å². The van der Waals surface area contributed by atoms with Crippen LogP contribution < -0.4 is 5.73 Å². The number of nitrogens with zero attached hydrogens (tertiary/aromatic N) is 3. The van der Waals surface area contributed by atoms with Gasteiger partial charge in [-0.25, -0.2) is 0 Å². The van der Waals surface area contributed by atoms with Gasteiger partial charge in [0.15, 0.2) is 0 Å². The van der Waals surface area contributed by atoms with Gasteiger partial charge >= 0.3 is 21.1 Å². The third kappa shape index (κ3) is 6.10. The SMILES string of the molecule is CC(C)(/C(N)=C/C=Nc1[c-]cc(-c2ccccc2)cc1)c1ccn(-c2[c-]cc(-c3ccccc3)cc2)n1.[Pt+2]. The van der Waals surface area contributed by atoms with Crippen LogP contribution in [0, 0.1) is 12.1 Å². The molecule has 5 heteroatoms. The molecule has 0 bridgehead atoms. The number of rotatable bonds is 7. The average Bonchev–Trinajstić information content (AvgIpc) is 3.46. The molecule has 4 aromatic carbocycles. The molecule has 1 aromatic heterocycles. The Hall–Kier alpha value is -4.01. The van der Waals surface area contributed by atoms with E-state index >= 15 is 0 Å². The van der Waals surface area contributed by atoms with E-state index in [4.69, 9.17) is 10.8 Å². The van der Waals surface area contributed by atoms with E-state index in [0.717, 1.165) is 39.3 Å². The van der Waals surface area contributed by atoms with E-state index in [1.54, 1.807) is 6.21 Å². The maximum Gasteiger partial charge on any atom is 2.00 e. The van der Waals surface area contributed by atoms with E-state index in [2.05, 4.69) is 61.3 Å².